The van der Waals surface area contributed by atoms with Crippen molar-refractivity contribution >= 4 is 39.2 Å². The molecule has 0 saturated carbocycles. The summed E-state index contributed by atoms with van der Waals surface area (Å²) in [5.74, 6) is -4.23. The van der Waals surface area contributed by atoms with Crippen molar-refractivity contribution in [3.05, 3.63) is 54.1 Å². The van der Waals surface area contributed by atoms with E-state index in [0.717, 1.165) is 32.4 Å². The summed E-state index contributed by atoms with van der Waals surface area (Å²) < 4.78 is 59.5. The van der Waals surface area contributed by atoms with Crippen LogP contribution in [0.1, 0.15) is 42.5 Å². The van der Waals surface area contributed by atoms with Gasteiger partial charge in [-0.3, -0.25) is 14.4 Å². The van der Waals surface area contributed by atoms with Gasteiger partial charge in [0.05, 0.1) is 16.1 Å². The van der Waals surface area contributed by atoms with Crippen molar-refractivity contribution in [1.82, 2.24) is 4.90 Å². The number of carbonyl (C=O) groups is 3. The van der Waals surface area contributed by atoms with Crippen LogP contribution in [-0.4, -0.2) is 79.3 Å². The number of carbonyl (C=O) groups excluding carboxylic acids is 1. The first-order chi connectivity index (χ1) is 19.2. The van der Waals surface area contributed by atoms with Gasteiger partial charge in [0.2, 0.25) is 5.91 Å². The summed E-state index contributed by atoms with van der Waals surface area (Å²) in [6.07, 6.45) is -0.808. The van der Waals surface area contributed by atoms with Crippen LogP contribution in [0.25, 0.3) is 0 Å². The topological polar surface area (TPSA) is 170 Å². The van der Waals surface area contributed by atoms with Gasteiger partial charge in [-0.1, -0.05) is 24.6 Å². The summed E-state index contributed by atoms with van der Waals surface area (Å²) in [5, 5.41) is 17.0. The molecule has 0 aromatic heterocycles. The number of aliphatic carboxylic acids is 1. The Labute approximate surface area is 234 Å². The summed E-state index contributed by atoms with van der Waals surface area (Å²) in [6.45, 7) is 2.66. The number of anilines is 2. The summed E-state index contributed by atoms with van der Waals surface area (Å²) >= 11 is 0. The van der Waals surface area contributed by atoms with Gasteiger partial charge in [0.15, 0.2) is 0 Å². The Morgan fingerprint density at radius 2 is 1.46 bits per heavy atom. The van der Waals surface area contributed by atoms with E-state index in [1.807, 2.05) is 4.90 Å². The zero-order valence-corrected chi connectivity index (χ0v) is 22.7. The molecule has 2 fully saturated rings. The molecule has 0 radical (unpaired) electrons. The largest absolute Gasteiger partial charge is 0.490 e. The number of nitrogens with two attached hydrogens (primary N) is 1. The van der Waals surface area contributed by atoms with Crippen molar-refractivity contribution < 1.29 is 46.2 Å². The van der Waals surface area contributed by atoms with Crippen LogP contribution in [-0.2, 0) is 19.6 Å². The molecule has 2 aliphatic rings. The summed E-state index contributed by atoms with van der Waals surface area (Å²) in [7, 11) is -3.84. The molecule has 0 unspecified atom stereocenters. The zero-order valence-electron chi connectivity index (χ0n) is 21.9. The van der Waals surface area contributed by atoms with Crippen LogP contribution >= 0.6 is 0 Å². The molecule has 2 saturated heterocycles. The summed E-state index contributed by atoms with van der Waals surface area (Å²) in [6, 6.07) is 12.4. The number of amides is 1. The van der Waals surface area contributed by atoms with Gasteiger partial charge in [-0.25, -0.2) is 18.0 Å². The second kappa shape index (κ2) is 12.8. The fourth-order valence-electron chi connectivity index (χ4n) is 5.02. The number of primary amides is 1. The number of hydrogen-bond donors (Lipinski definition) is 4. The van der Waals surface area contributed by atoms with Crippen molar-refractivity contribution in [2.24, 2.45) is 5.73 Å². The highest BCUT2D eigenvalue weighted by atomic mass is 32.2. The number of alkyl halides is 3. The standard InChI is InChI=1S/C24H30N4O5S.C2HF3O2/c25-23(31)24(28-13-5-2-6-14-28)11-15-27(16-12-24)21-10-9-18(17-20(21)22(29)30)26-34(32,33)19-7-3-1-4-8-19;3-2(4,5)1(6)7/h1,3-4,7-10,17,26H,2,5-6,11-16H2,(H2,25,31)(H,29,30);(H,6,7). The van der Waals surface area contributed by atoms with Crippen LogP contribution in [0, 0.1) is 0 Å². The number of piperidine rings is 2. The normalized spacial score (nSPS) is 17.6. The van der Waals surface area contributed by atoms with Crippen LogP contribution < -0.4 is 15.4 Å². The highest BCUT2D eigenvalue weighted by Crippen LogP contribution is 2.35. The first kappa shape index (κ1) is 31.7. The summed E-state index contributed by atoms with van der Waals surface area (Å²) in [4.78, 5) is 37.7. The van der Waals surface area contributed by atoms with Gasteiger partial charge in [0.1, 0.15) is 5.54 Å². The number of carboxylic acid groups (broad SMARTS) is 2. The molecule has 0 atom stereocenters. The third-order valence-corrected chi connectivity index (χ3v) is 8.52. The lowest BCUT2D eigenvalue weighted by molar-refractivity contribution is -0.192. The molecular formula is C26H31F3N4O7S. The van der Waals surface area contributed by atoms with E-state index in [1.165, 1.54) is 18.2 Å². The van der Waals surface area contributed by atoms with Gasteiger partial charge in [0.25, 0.3) is 10.0 Å². The van der Waals surface area contributed by atoms with Crippen molar-refractivity contribution in [2.45, 2.75) is 48.7 Å². The van der Waals surface area contributed by atoms with Gasteiger partial charge >= 0.3 is 18.1 Å². The fraction of sp³-hybridized carbons (Fsp3) is 0.423. The zero-order chi connectivity index (χ0) is 30.4. The van der Waals surface area contributed by atoms with Crippen LogP contribution in [0.15, 0.2) is 53.4 Å². The van der Waals surface area contributed by atoms with E-state index < -0.39 is 33.7 Å². The Bertz CT molecular complexity index is 1360. The SMILES string of the molecule is NC(=O)C1(N2CCCCC2)CCN(c2ccc(NS(=O)(=O)c3ccccc3)cc2C(=O)O)CC1.O=C(O)C(F)(F)F. The molecule has 0 spiro atoms. The van der Waals surface area contributed by atoms with Crippen LogP contribution in [0.3, 0.4) is 0 Å². The maximum absolute atomic E-state index is 12.6. The van der Waals surface area contributed by atoms with E-state index in [4.69, 9.17) is 15.6 Å². The minimum Gasteiger partial charge on any atom is -0.478 e. The van der Waals surface area contributed by atoms with Crippen LogP contribution in [0.4, 0.5) is 24.5 Å². The van der Waals surface area contributed by atoms with E-state index in [9.17, 15) is 36.3 Å². The van der Waals surface area contributed by atoms with Gasteiger partial charge in [-0.15, -0.1) is 0 Å². The molecular weight excluding hydrogens is 569 g/mol. The third kappa shape index (κ3) is 7.67. The van der Waals surface area contributed by atoms with Gasteiger partial charge in [0, 0.05) is 18.8 Å². The highest BCUT2D eigenvalue weighted by molar-refractivity contribution is 7.92. The Balaban J connectivity index is 0.000000587. The van der Waals surface area contributed by atoms with Crippen molar-refractivity contribution in [1.29, 1.82) is 0 Å². The lowest BCUT2D eigenvalue weighted by Crippen LogP contribution is -2.63. The van der Waals surface area contributed by atoms with Crippen molar-refractivity contribution in [3.63, 3.8) is 0 Å². The number of nitrogens with zero attached hydrogens (tertiary/aromatic N) is 2. The lowest BCUT2D eigenvalue weighted by Gasteiger charge is -2.48. The molecule has 0 aliphatic carbocycles. The Morgan fingerprint density at radius 3 is 1.95 bits per heavy atom. The first-order valence-electron chi connectivity index (χ1n) is 12.7. The number of likely N-dealkylation sites (tertiary alicyclic amines) is 1. The lowest BCUT2D eigenvalue weighted by atomic mass is 9.83. The summed E-state index contributed by atoms with van der Waals surface area (Å²) in [5.41, 5.74) is 5.82. The molecule has 5 N–H and O–H groups in total. The van der Waals surface area contributed by atoms with Crippen molar-refractivity contribution in [3.8, 4) is 0 Å². The average molecular weight is 601 g/mol. The Morgan fingerprint density at radius 1 is 0.902 bits per heavy atom. The minimum absolute atomic E-state index is 0.00203. The predicted molar refractivity (Wildman–Crippen MR) is 143 cm³/mol. The number of carboxylic acids is 2. The van der Waals surface area contributed by atoms with Crippen LogP contribution in [0.5, 0.6) is 0 Å². The predicted octanol–water partition coefficient (Wildman–Crippen LogP) is 3.13. The molecule has 15 heteroatoms. The molecule has 2 aromatic rings. The second-order valence-electron chi connectivity index (χ2n) is 9.69. The molecule has 224 valence electrons. The van der Waals surface area contributed by atoms with E-state index in [0.29, 0.717) is 31.6 Å². The Hall–Kier alpha value is -3.85. The monoisotopic (exact) mass is 600 g/mol. The molecule has 2 aliphatic heterocycles. The number of aromatic carboxylic acids is 1. The molecule has 4 rings (SSSR count). The van der Waals surface area contributed by atoms with Crippen LogP contribution in [0.2, 0.25) is 0 Å². The van der Waals surface area contributed by atoms with Crippen molar-refractivity contribution in [2.75, 3.05) is 35.8 Å². The first-order valence-corrected chi connectivity index (χ1v) is 14.2. The average Bonchev–Trinajstić information content (AvgIpc) is 2.93. The molecule has 11 nitrogen and oxygen atoms in total. The molecule has 1 amide bonds. The third-order valence-electron chi connectivity index (χ3n) is 7.13. The van der Waals surface area contributed by atoms with E-state index in [1.54, 1.807) is 30.3 Å². The van der Waals surface area contributed by atoms with Gasteiger partial charge < -0.3 is 20.8 Å². The second-order valence-corrected chi connectivity index (χ2v) is 11.4. The number of benzene rings is 2. The fourth-order valence-corrected chi connectivity index (χ4v) is 6.09. The van der Waals surface area contributed by atoms with Gasteiger partial charge in [-0.2, -0.15) is 13.2 Å². The number of sulfonamides is 1. The number of halogens is 3. The number of hydrogen-bond acceptors (Lipinski definition) is 7. The number of nitrogens with one attached hydrogen (secondary N) is 1. The molecule has 41 heavy (non-hydrogen) atoms. The highest BCUT2D eigenvalue weighted by Gasteiger charge is 2.45. The molecule has 2 aromatic carbocycles. The molecule has 0 bridgehead atoms. The quantitative estimate of drug-likeness (QED) is 0.373. The Kier molecular flexibility index (Phi) is 9.86. The minimum atomic E-state index is -5.08. The smallest absolute Gasteiger partial charge is 0.478 e. The van der Waals surface area contributed by atoms with Gasteiger partial charge in [-0.05, 0) is 69.1 Å². The van der Waals surface area contributed by atoms with E-state index >= 15 is 0 Å². The molecule has 2 heterocycles. The van der Waals surface area contributed by atoms with E-state index in [-0.39, 0.29) is 22.1 Å². The van der Waals surface area contributed by atoms with E-state index in [2.05, 4.69) is 9.62 Å². The maximum Gasteiger partial charge on any atom is 0.490 e. The maximum atomic E-state index is 12.6. The number of rotatable bonds is 7.